The van der Waals surface area contributed by atoms with Crippen LogP contribution in [0.3, 0.4) is 0 Å². The van der Waals surface area contributed by atoms with E-state index in [1.807, 2.05) is 0 Å². The van der Waals surface area contributed by atoms with Gasteiger partial charge in [-0.25, -0.2) is 8.78 Å². The number of aromatic nitrogens is 1. The second kappa shape index (κ2) is 8.40. The number of rotatable bonds is 4. The number of carbonyl (C=O) groups excluding carboxylic acids is 1. The highest BCUT2D eigenvalue weighted by atomic mass is 32.1. The van der Waals surface area contributed by atoms with E-state index in [0.29, 0.717) is 18.4 Å². The molecule has 32 heavy (non-hydrogen) atoms. The van der Waals surface area contributed by atoms with E-state index >= 15 is 0 Å². The van der Waals surface area contributed by atoms with Crippen molar-refractivity contribution in [1.29, 1.82) is 0 Å². The van der Waals surface area contributed by atoms with Crippen molar-refractivity contribution in [3.63, 3.8) is 0 Å². The molecule has 0 unspecified atom stereocenters. The standard InChI is InChI=1S/C22H20F5N3OS/c23-21(24)4-7-30(8-5-21)20(31)13-1-2-18(29-12-13)14-9-15-10-16(3-6-28)32-19(15)17(11-14)22(25,26)27/h1-2,9-12H,3-8,28H2. The highest BCUT2D eigenvalue weighted by Crippen LogP contribution is 2.41. The van der Waals surface area contributed by atoms with Gasteiger partial charge < -0.3 is 10.6 Å². The Morgan fingerprint density at radius 1 is 1.16 bits per heavy atom. The molecular weight excluding hydrogens is 449 g/mol. The lowest BCUT2D eigenvalue weighted by atomic mass is 10.0. The molecule has 170 valence electrons. The first-order valence-corrected chi connectivity index (χ1v) is 10.9. The van der Waals surface area contributed by atoms with Crippen LogP contribution in [0.1, 0.15) is 33.6 Å². The third-order valence-corrected chi connectivity index (χ3v) is 6.70. The van der Waals surface area contributed by atoms with E-state index < -0.39 is 36.4 Å². The van der Waals surface area contributed by atoms with Crippen molar-refractivity contribution in [2.24, 2.45) is 5.73 Å². The molecule has 0 atom stereocenters. The van der Waals surface area contributed by atoms with Gasteiger partial charge in [0.15, 0.2) is 0 Å². The van der Waals surface area contributed by atoms with Crippen LogP contribution in [0.4, 0.5) is 22.0 Å². The topological polar surface area (TPSA) is 59.2 Å². The molecular formula is C22H20F5N3OS. The number of pyridine rings is 1. The third kappa shape index (κ3) is 4.61. The van der Waals surface area contributed by atoms with Crippen molar-refractivity contribution in [3.8, 4) is 11.3 Å². The maximum Gasteiger partial charge on any atom is 0.417 e. The first-order valence-electron chi connectivity index (χ1n) is 10.0. The van der Waals surface area contributed by atoms with Gasteiger partial charge in [0.25, 0.3) is 11.8 Å². The van der Waals surface area contributed by atoms with Gasteiger partial charge in [-0.3, -0.25) is 9.78 Å². The Morgan fingerprint density at radius 2 is 1.88 bits per heavy atom. The number of carbonyl (C=O) groups is 1. The van der Waals surface area contributed by atoms with Gasteiger partial charge in [0.05, 0.1) is 16.8 Å². The summed E-state index contributed by atoms with van der Waals surface area (Å²) >= 11 is 1.08. The van der Waals surface area contributed by atoms with Gasteiger partial charge in [0.1, 0.15) is 0 Å². The Bertz CT molecular complexity index is 1130. The molecule has 3 aromatic rings. The summed E-state index contributed by atoms with van der Waals surface area (Å²) < 4.78 is 67.9. The lowest BCUT2D eigenvalue weighted by Crippen LogP contribution is -2.42. The monoisotopic (exact) mass is 469 g/mol. The number of halogens is 5. The van der Waals surface area contributed by atoms with Crippen LogP contribution < -0.4 is 5.73 Å². The van der Waals surface area contributed by atoms with Crippen molar-refractivity contribution in [1.82, 2.24) is 9.88 Å². The molecule has 0 spiro atoms. The van der Waals surface area contributed by atoms with Gasteiger partial charge in [-0.2, -0.15) is 13.2 Å². The summed E-state index contributed by atoms with van der Waals surface area (Å²) in [5, 5.41) is 0.458. The van der Waals surface area contributed by atoms with Crippen LogP contribution >= 0.6 is 11.3 Å². The molecule has 1 amide bonds. The number of hydrogen-bond donors (Lipinski definition) is 1. The first kappa shape index (κ1) is 22.6. The van der Waals surface area contributed by atoms with Crippen LogP contribution in [0.25, 0.3) is 21.3 Å². The lowest BCUT2D eigenvalue weighted by molar-refractivity contribution is -0.136. The summed E-state index contributed by atoms with van der Waals surface area (Å²) in [6, 6.07) is 7.33. The predicted molar refractivity (Wildman–Crippen MR) is 113 cm³/mol. The van der Waals surface area contributed by atoms with Crippen LogP contribution in [0.5, 0.6) is 0 Å². The van der Waals surface area contributed by atoms with Crippen LogP contribution in [-0.4, -0.2) is 41.3 Å². The molecule has 1 aliphatic heterocycles. The first-order chi connectivity index (χ1) is 15.1. The zero-order chi connectivity index (χ0) is 23.1. The largest absolute Gasteiger partial charge is 0.417 e. The van der Waals surface area contributed by atoms with Gasteiger partial charge >= 0.3 is 6.18 Å². The van der Waals surface area contributed by atoms with Crippen molar-refractivity contribution in [2.45, 2.75) is 31.4 Å². The molecule has 1 aromatic carbocycles. The van der Waals surface area contributed by atoms with E-state index in [4.69, 9.17) is 5.73 Å². The highest BCUT2D eigenvalue weighted by molar-refractivity contribution is 7.19. The zero-order valence-electron chi connectivity index (χ0n) is 16.9. The number of piperidine rings is 1. The number of fused-ring (bicyclic) bond motifs is 1. The minimum Gasteiger partial charge on any atom is -0.338 e. The van der Waals surface area contributed by atoms with Crippen LogP contribution in [-0.2, 0) is 12.6 Å². The van der Waals surface area contributed by atoms with Gasteiger partial charge in [-0.05, 0) is 48.7 Å². The molecule has 3 heterocycles. The van der Waals surface area contributed by atoms with E-state index in [-0.39, 0.29) is 34.6 Å². The summed E-state index contributed by atoms with van der Waals surface area (Å²) in [5.41, 5.74) is 5.56. The normalized spacial score (nSPS) is 16.5. The van der Waals surface area contributed by atoms with Crippen LogP contribution in [0.15, 0.2) is 36.5 Å². The smallest absolute Gasteiger partial charge is 0.338 e. The number of nitrogens with two attached hydrogens (primary N) is 1. The number of thiophene rings is 1. The predicted octanol–water partition coefficient (Wildman–Crippen LogP) is 5.35. The zero-order valence-corrected chi connectivity index (χ0v) is 17.7. The molecule has 2 N–H and O–H groups in total. The molecule has 1 aliphatic rings. The van der Waals surface area contributed by atoms with Gasteiger partial charge in [0.2, 0.25) is 0 Å². The van der Waals surface area contributed by atoms with Crippen molar-refractivity contribution >= 4 is 27.3 Å². The van der Waals surface area contributed by atoms with E-state index in [0.717, 1.165) is 22.3 Å². The van der Waals surface area contributed by atoms with E-state index in [1.165, 1.54) is 23.2 Å². The minimum absolute atomic E-state index is 0.0531. The number of likely N-dealkylation sites (tertiary alicyclic amines) is 1. The summed E-state index contributed by atoms with van der Waals surface area (Å²) in [7, 11) is 0. The summed E-state index contributed by atoms with van der Waals surface area (Å²) in [6.07, 6.45) is -3.56. The molecule has 10 heteroatoms. The highest BCUT2D eigenvalue weighted by Gasteiger charge is 2.36. The second-order valence-electron chi connectivity index (χ2n) is 7.77. The lowest BCUT2D eigenvalue weighted by Gasteiger charge is -2.31. The molecule has 0 saturated carbocycles. The fourth-order valence-electron chi connectivity index (χ4n) is 3.74. The number of alkyl halides is 5. The molecule has 0 radical (unpaired) electrons. The number of nitrogens with zero attached hydrogens (tertiary/aromatic N) is 2. The van der Waals surface area contributed by atoms with E-state index in [2.05, 4.69) is 4.98 Å². The Balaban J connectivity index is 1.63. The Hall–Kier alpha value is -2.59. The minimum atomic E-state index is -4.54. The Kier molecular flexibility index (Phi) is 5.93. The number of hydrogen-bond acceptors (Lipinski definition) is 4. The quantitative estimate of drug-likeness (QED) is 0.524. The molecule has 1 fully saturated rings. The van der Waals surface area contributed by atoms with Gasteiger partial charge in [0, 0.05) is 47.3 Å². The average Bonchev–Trinajstić information content (AvgIpc) is 3.14. The van der Waals surface area contributed by atoms with Gasteiger partial charge in [-0.1, -0.05) is 0 Å². The average molecular weight is 469 g/mol. The van der Waals surface area contributed by atoms with Crippen molar-refractivity contribution in [2.75, 3.05) is 19.6 Å². The van der Waals surface area contributed by atoms with Crippen molar-refractivity contribution < 1.29 is 26.7 Å². The summed E-state index contributed by atoms with van der Waals surface area (Å²) in [5.74, 6) is -3.19. The maximum absolute atomic E-state index is 13.7. The third-order valence-electron chi connectivity index (χ3n) is 5.45. The van der Waals surface area contributed by atoms with Gasteiger partial charge in [-0.15, -0.1) is 11.3 Å². The fraction of sp³-hybridized carbons (Fsp3) is 0.364. The van der Waals surface area contributed by atoms with Crippen LogP contribution in [0.2, 0.25) is 0 Å². The van der Waals surface area contributed by atoms with Crippen LogP contribution in [0, 0.1) is 0 Å². The molecule has 4 nitrogen and oxygen atoms in total. The fourth-order valence-corrected chi connectivity index (χ4v) is 4.93. The molecule has 4 rings (SSSR count). The number of amides is 1. The Morgan fingerprint density at radius 3 is 2.47 bits per heavy atom. The second-order valence-corrected chi connectivity index (χ2v) is 8.91. The van der Waals surface area contributed by atoms with E-state index in [1.54, 1.807) is 12.1 Å². The molecule has 2 aromatic heterocycles. The molecule has 1 saturated heterocycles. The summed E-state index contributed by atoms with van der Waals surface area (Å²) in [6.45, 7) is 0.234. The maximum atomic E-state index is 13.7. The number of benzene rings is 1. The molecule has 0 bridgehead atoms. The molecule has 0 aliphatic carbocycles. The van der Waals surface area contributed by atoms with Crippen molar-refractivity contribution in [3.05, 3.63) is 52.5 Å². The SMILES string of the molecule is NCCc1cc2cc(-c3ccc(C(=O)N4CCC(F)(F)CC4)cn3)cc(C(F)(F)F)c2s1. The summed E-state index contributed by atoms with van der Waals surface area (Å²) in [4.78, 5) is 18.9. The Labute approximate surface area is 184 Å². The van der Waals surface area contributed by atoms with E-state index in [9.17, 15) is 26.7 Å².